The molecule has 0 aromatic heterocycles. The summed E-state index contributed by atoms with van der Waals surface area (Å²) in [6, 6.07) is 39.8. The van der Waals surface area contributed by atoms with Crippen molar-refractivity contribution < 1.29 is 13.7 Å². The van der Waals surface area contributed by atoms with Crippen LogP contribution < -0.4 is 5.73 Å². The molecular formula is C32H36N2O3S. The fourth-order valence-electron chi connectivity index (χ4n) is 3.97. The molecule has 0 saturated heterocycles. The number of hydrogen-bond acceptors (Lipinski definition) is 4. The van der Waals surface area contributed by atoms with Crippen molar-refractivity contribution in [2.24, 2.45) is 5.73 Å². The first kappa shape index (κ1) is 29.0. The molecule has 0 heterocycles. The van der Waals surface area contributed by atoms with E-state index in [-0.39, 0.29) is 17.1 Å². The average molecular weight is 529 g/mol. The maximum absolute atomic E-state index is 12.4. The largest absolute Gasteiger partial charge is 0.369 e. The highest BCUT2D eigenvalue weighted by atomic mass is 32.2. The number of benzene rings is 4. The SMILES string of the molecule is CN(C)CCOC(c1ccccc1)c1ccccc1.NC(=O)CS(=O)C(c1ccccc1)c1ccccc1. The molecule has 38 heavy (non-hydrogen) atoms. The van der Waals surface area contributed by atoms with Crippen LogP contribution in [-0.2, 0) is 20.3 Å². The van der Waals surface area contributed by atoms with Crippen LogP contribution in [0.4, 0.5) is 0 Å². The third-order valence-electron chi connectivity index (χ3n) is 5.78. The predicted molar refractivity (Wildman–Crippen MR) is 156 cm³/mol. The number of nitrogens with zero attached hydrogens (tertiary/aromatic N) is 1. The van der Waals surface area contributed by atoms with Gasteiger partial charge in [0.15, 0.2) is 0 Å². The van der Waals surface area contributed by atoms with E-state index in [0.29, 0.717) is 0 Å². The van der Waals surface area contributed by atoms with Crippen LogP contribution in [-0.4, -0.2) is 48.0 Å². The molecule has 1 amide bonds. The van der Waals surface area contributed by atoms with Gasteiger partial charge < -0.3 is 15.4 Å². The molecule has 4 aromatic rings. The summed E-state index contributed by atoms with van der Waals surface area (Å²) in [5.74, 6) is -0.677. The summed E-state index contributed by atoms with van der Waals surface area (Å²) in [6.45, 7) is 1.65. The molecule has 0 spiro atoms. The first-order valence-corrected chi connectivity index (χ1v) is 14.0. The van der Waals surface area contributed by atoms with Gasteiger partial charge in [-0.25, -0.2) is 0 Å². The minimum absolute atomic E-state index is 0.0161. The molecule has 5 nitrogen and oxygen atoms in total. The van der Waals surface area contributed by atoms with Gasteiger partial charge in [-0.3, -0.25) is 9.00 Å². The van der Waals surface area contributed by atoms with Crippen molar-refractivity contribution in [2.75, 3.05) is 33.0 Å². The van der Waals surface area contributed by atoms with Gasteiger partial charge in [-0.1, -0.05) is 121 Å². The molecule has 2 N–H and O–H groups in total. The summed E-state index contributed by atoms with van der Waals surface area (Å²) in [6.07, 6.45) is 0.0161. The van der Waals surface area contributed by atoms with E-state index < -0.39 is 16.7 Å². The number of primary amides is 1. The van der Waals surface area contributed by atoms with Crippen LogP contribution in [0.5, 0.6) is 0 Å². The molecular weight excluding hydrogens is 492 g/mol. The molecule has 0 fully saturated rings. The Morgan fingerprint density at radius 2 is 1.08 bits per heavy atom. The standard InChI is InChI=1S/C17H21NO.C15H15NO2S/c1-18(2)13-14-19-17(15-9-5-3-6-10-15)16-11-7-4-8-12-16;16-14(17)11-19(18)15(12-7-3-1-4-8-12)13-9-5-2-6-10-13/h3-12,17H,13-14H2,1-2H3;1-10,15H,11H2,(H2,16,17). The van der Waals surface area contributed by atoms with E-state index in [0.717, 1.165) is 24.3 Å². The molecule has 0 bridgehead atoms. The zero-order valence-electron chi connectivity index (χ0n) is 22.0. The van der Waals surface area contributed by atoms with Crippen molar-refractivity contribution in [3.05, 3.63) is 144 Å². The lowest BCUT2D eigenvalue weighted by molar-refractivity contribution is -0.115. The summed E-state index contributed by atoms with van der Waals surface area (Å²) < 4.78 is 18.4. The van der Waals surface area contributed by atoms with Gasteiger partial charge in [-0.2, -0.15) is 0 Å². The van der Waals surface area contributed by atoms with Gasteiger partial charge in [0, 0.05) is 17.3 Å². The Hall–Kier alpha value is -3.58. The van der Waals surface area contributed by atoms with Crippen LogP contribution >= 0.6 is 0 Å². The summed E-state index contributed by atoms with van der Waals surface area (Å²) in [5.41, 5.74) is 9.41. The average Bonchev–Trinajstić information content (AvgIpc) is 2.93. The molecule has 4 aromatic carbocycles. The smallest absolute Gasteiger partial charge is 0.230 e. The van der Waals surface area contributed by atoms with Gasteiger partial charge in [0.25, 0.3) is 0 Å². The fraction of sp³-hybridized carbons (Fsp3) is 0.219. The van der Waals surface area contributed by atoms with Crippen molar-refractivity contribution in [1.82, 2.24) is 4.90 Å². The summed E-state index contributed by atoms with van der Waals surface area (Å²) in [5, 5.41) is -0.324. The fourth-order valence-corrected chi connectivity index (χ4v) is 5.34. The van der Waals surface area contributed by atoms with Crippen LogP contribution in [0.3, 0.4) is 0 Å². The number of ether oxygens (including phenoxy) is 1. The predicted octanol–water partition coefficient (Wildman–Crippen LogP) is 5.36. The minimum atomic E-state index is -1.36. The maximum atomic E-state index is 12.4. The number of carbonyl (C=O) groups is 1. The third-order valence-corrected chi connectivity index (χ3v) is 7.42. The van der Waals surface area contributed by atoms with Crippen molar-refractivity contribution in [3.63, 3.8) is 0 Å². The highest BCUT2D eigenvalue weighted by molar-refractivity contribution is 7.86. The molecule has 6 heteroatoms. The molecule has 198 valence electrons. The van der Waals surface area contributed by atoms with Gasteiger partial charge in [0.2, 0.25) is 5.91 Å². The number of carbonyl (C=O) groups excluding carboxylic acids is 1. The minimum Gasteiger partial charge on any atom is -0.369 e. The number of amides is 1. The summed E-state index contributed by atoms with van der Waals surface area (Å²) >= 11 is 0. The van der Waals surface area contributed by atoms with Crippen LogP contribution in [0.25, 0.3) is 0 Å². The summed E-state index contributed by atoms with van der Waals surface area (Å²) in [4.78, 5) is 13.1. The van der Waals surface area contributed by atoms with Crippen LogP contribution in [0.1, 0.15) is 33.6 Å². The Kier molecular flexibility index (Phi) is 11.9. The quantitative estimate of drug-likeness (QED) is 0.284. The number of rotatable bonds is 11. The maximum Gasteiger partial charge on any atom is 0.230 e. The second-order valence-electron chi connectivity index (χ2n) is 9.07. The van der Waals surface area contributed by atoms with Gasteiger partial charge in [0.1, 0.15) is 11.9 Å². The molecule has 0 saturated carbocycles. The van der Waals surface area contributed by atoms with E-state index in [4.69, 9.17) is 10.5 Å². The molecule has 1 atom stereocenters. The highest BCUT2D eigenvalue weighted by Gasteiger charge is 2.22. The van der Waals surface area contributed by atoms with E-state index in [9.17, 15) is 9.00 Å². The van der Waals surface area contributed by atoms with Crippen molar-refractivity contribution in [1.29, 1.82) is 0 Å². The van der Waals surface area contributed by atoms with Crippen molar-refractivity contribution in [2.45, 2.75) is 11.4 Å². The zero-order chi connectivity index (χ0) is 27.2. The van der Waals surface area contributed by atoms with Crippen LogP contribution in [0, 0.1) is 0 Å². The lowest BCUT2D eigenvalue weighted by Gasteiger charge is -2.20. The molecule has 0 aliphatic rings. The van der Waals surface area contributed by atoms with E-state index in [1.165, 1.54) is 11.1 Å². The first-order chi connectivity index (χ1) is 18.5. The van der Waals surface area contributed by atoms with E-state index >= 15 is 0 Å². The first-order valence-electron chi connectivity index (χ1n) is 12.6. The summed E-state index contributed by atoms with van der Waals surface area (Å²) in [7, 11) is 2.75. The molecule has 0 aliphatic carbocycles. The second-order valence-corrected chi connectivity index (χ2v) is 10.6. The number of hydrogen-bond donors (Lipinski definition) is 1. The number of likely N-dealkylation sites (N-methyl/N-ethyl adjacent to an activating group) is 1. The Morgan fingerprint density at radius 1 is 0.711 bits per heavy atom. The Balaban J connectivity index is 0.000000211. The van der Waals surface area contributed by atoms with E-state index in [2.05, 4.69) is 67.5 Å². The second kappa shape index (κ2) is 15.6. The van der Waals surface area contributed by atoms with Gasteiger partial charge in [0.05, 0.1) is 11.9 Å². The van der Waals surface area contributed by atoms with Crippen LogP contribution in [0.2, 0.25) is 0 Å². The van der Waals surface area contributed by atoms with Crippen LogP contribution in [0.15, 0.2) is 121 Å². The van der Waals surface area contributed by atoms with Gasteiger partial charge in [-0.15, -0.1) is 0 Å². The normalized spacial score (nSPS) is 11.7. The lowest BCUT2D eigenvalue weighted by atomic mass is 10.0. The molecule has 0 aliphatic heterocycles. The highest BCUT2D eigenvalue weighted by Crippen LogP contribution is 2.28. The Bertz CT molecular complexity index is 1160. The monoisotopic (exact) mass is 528 g/mol. The van der Waals surface area contributed by atoms with Crippen molar-refractivity contribution in [3.8, 4) is 0 Å². The number of nitrogens with two attached hydrogens (primary N) is 1. The zero-order valence-corrected chi connectivity index (χ0v) is 22.8. The molecule has 0 radical (unpaired) electrons. The Labute approximate surface area is 228 Å². The Morgan fingerprint density at radius 3 is 1.42 bits per heavy atom. The lowest BCUT2D eigenvalue weighted by Crippen LogP contribution is -2.23. The van der Waals surface area contributed by atoms with E-state index in [1.54, 1.807) is 0 Å². The molecule has 1 unspecified atom stereocenters. The molecule has 4 rings (SSSR count). The topological polar surface area (TPSA) is 72.6 Å². The van der Waals surface area contributed by atoms with E-state index in [1.807, 2.05) is 72.8 Å². The van der Waals surface area contributed by atoms with Crippen molar-refractivity contribution >= 4 is 16.7 Å². The third kappa shape index (κ3) is 9.38. The van der Waals surface area contributed by atoms with Gasteiger partial charge in [-0.05, 0) is 36.3 Å². The van der Waals surface area contributed by atoms with Gasteiger partial charge >= 0.3 is 0 Å².